The zero-order valence-corrected chi connectivity index (χ0v) is 18.8. The Morgan fingerprint density at radius 3 is 2.65 bits per heavy atom. The van der Waals surface area contributed by atoms with Crippen molar-refractivity contribution in [2.75, 3.05) is 12.4 Å². The van der Waals surface area contributed by atoms with Crippen LogP contribution in [0.5, 0.6) is 0 Å². The average Bonchev–Trinajstić information content (AvgIpc) is 3.62. The fraction of sp³-hybridized carbons (Fsp3) is 0.120. The summed E-state index contributed by atoms with van der Waals surface area (Å²) in [6.45, 7) is 0.190. The lowest BCUT2D eigenvalue weighted by Gasteiger charge is -2.09. The number of nitrogens with one attached hydrogen (secondary N) is 1. The molecule has 0 saturated heterocycles. The van der Waals surface area contributed by atoms with Crippen molar-refractivity contribution in [3.63, 3.8) is 0 Å². The summed E-state index contributed by atoms with van der Waals surface area (Å²) in [5.41, 5.74) is 2.42. The molecule has 0 bridgehead atoms. The highest BCUT2D eigenvalue weighted by atomic mass is 32.2. The van der Waals surface area contributed by atoms with Crippen molar-refractivity contribution in [2.24, 2.45) is 0 Å². The number of fused-ring (bicyclic) bond motifs is 1. The van der Waals surface area contributed by atoms with Gasteiger partial charge in [0.15, 0.2) is 17.5 Å². The topological polar surface area (TPSA) is 103 Å². The number of furan rings is 1. The van der Waals surface area contributed by atoms with E-state index in [1.807, 2.05) is 65.2 Å². The first-order chi connectivity index (χ1) is 16.7. The van der Waals surface area contributed by atoms with Gasteiger partial charge in [0.25, 0.3) is 0 Å². The molecule has 0 radical (unpaired) electrons. The first-order valence-corrected chi connectivity index (χ1v) is 11.6. The van der Waals surface area contributed by atoms with Crippen molar-refractivity contribution in [1.82, 2.24) is 19.7 Å². The number of ketones is 1. The number of hydrogen-bond acceptors (Lipinski definition) is 7. The molecule has 34 heavy (non-hydrogen) atoms. The molecule has 5 rings (SSSR count). The minimum atomic E-state index is -0.507. The van der Waals surface area contributed by atoms with E-state index in [0.717, 1.165) is 16.5 Å². The van der Waals surface area contributed by atoms with Crippen molar-refractivity contribution in [1.29, 1.82) is 0 Å². The van der Waals surface area contributed by atoms with Gasteiger partial charge in [-0.25, -0.2) is 0 Å². The third-order valence-electron chi connectivity index (χ3n) is 5.21. The van der Waals surface area contributed by atoms with Crippen LogP contribution in [0.1, 0.15) is 15.9 Å². The zero-order valence-electron chi connectivity index (χ0n) is 18.0. The van der Waals surface area contributed by atoms with E-state index in [4.69, 9.17) is 9.15 Å². The Morgan fingerprint density at radius 1 is 1.00 bits per heavy atom. The predicted molar refractivity (Wildman–Crippen MR) is 128 cm³/mol. The number of rotatable bonds is 9. The number of thioether (sulfide) groups is 1. The number of benzene rings is 2. The van der Waals surface area contributed by atoms with Crippen LogP contribution in [0.2, 0.25) is 0 Å². The first-order valence-electron chi connectivity index (χ1n) is 10.6. The highest BCUT2D eigenvalue weighted by Gasteiger charge is 2.19. The Hall–Kier alpha value is -4.11. The summed E-state index contributed by atoms with van der Waals surface area (Å²) in [4.78, 5) is 28.0. The molecule has 9 heteroatoms. The molecule has 2 aromatic carbocycles. The minimum Gasteiger partial charge on any atom is -0.461 e. The lowest BCUT2D eigenvalue weighted by molar-refractivity contribution is -0.139. The van der Waals surface area contributed by atoms with Crippen molar-refractivity contribution >= 4 is 34.4 Å². The molecule has 8 nitrogen and oxygen atoms in total. The number of ether oxygens (including phenoxy) is 1. The number of hydrogen-bond donors (Lipinski definition) is 1. The number of carbonyl (C=O) groups is 2. The normalized spacial score (nSPS) is 11.1. The van der Waals surface area contributed by atoms with Gasteiger partial charge in [-0.3, -0.25) is 14.2 Å². The van der Waals surface area contributed by atoms with Crippen LogP contribution in [-0.2, 0) is 16.1 Å². The second-order valence-electron chi connectivity index (χ2n) is 7.48. The molecular formula is C25H20N4O4S. The summed E-state index contributed by atoms with van der Waals surface area (Å²) in [6, 6.07) is 21.0. The molecule has 0 amide bonds. The molecule has 0 unspecified atom stereocenters. The number of aromatic nitrogens is 4. The van der Waals surface area contributed by atoms with Crippen LogP contribution in [0.4, 0.5) is 0 Å². The molecule has 3 heterocycles. The molecule has 0 aliphatic heterocycles. The maximum atomic E-state index is 12.5. The molecular weight excluding hydrogens is 452 g/mol. The average molecular weight is 473 g/mol. The van der Waals surface area contributed by atoms with Crippen molar-refractivity contribution in [3.8, 4) is 11.6 Å². The van der Waals surface area contributed by atoms with Gasteiger partial charge in [0.05, 0.1) is 18.6 Å². The molecule has 0 fully saturated rings. The molecule has 0 aliphatic carbocycles. The maximum Gasteiger partial charge on any atom is 0.316 e. The predicted octanol–water partition coefficient (Wildman–Crippen LogP) is 4.59. The van der Waals surface area contributed by atoms with Crippen LogP contribution < -0.4 is 0 Å². The second-order valence-corrected chi connectivity index (χ2v) is 8.42. The van der Waals surface area contributed by atoms with E-state index in [0.29, 0.717) is 28.8 Å². The van der Waals surface area contributed by atoms with Gasteiger partial charge in [0, 0.05) is 22.7 Å². The molecule has 170 valence electrons. The highest BCUT2D eigenvalue weighted by Crippen LogP contribution is 2.26. The maximum absolute atomic E-state index is 12.5. The van der Waals surface area contributed by atoms with E-state index in [1.165, 1.54) is 11.8 Å². The van der Waals surface area contributed by atoms with Gasteiger partial charge < -0.3 is 14.1 Å². The summed E-state index contributed by atoms with van der Waals surface area (Å²) in [7, 11) is 0. The van der Waals surface area contributed by atoms with Gasteiger partial charge in [-0.05, 0) is 23.8 Å². The number of para-hydroxylation sites is 1. The zero-order chi connectivity index (χ0) is 23.3. The summed E-state index contributed by atoms with van der Waals surface area (Å²) in [5, 5.41) is 9.86. The van der Waals surface area contributed by atoms with Gasteiger partial charge in [-0.2, -0.15) is 0 Å². The van der Waals surface area contributed by atoms with Crippen LogP contribution in [-0.4, -0.2) is 43.9 Å². The Morgan fingerprint density at radius 2 is 1.82 bits per heavy atom. The molecule has 0 atom stereocenters. The number of H-pyrrole nitrogens is 1. The van der Waals surface area contributed by atoms with Crippen molar-refractivity contribution in [3.05, 3.63) is 90.3 Å². The fourth-order valence-electron chi connectivity index (χ4n) is 3.58. The van der Waals surface area contributed by atoms with Crippen LogP contribution in [0.25, 0.3) is 22.5 Å². The Balaban J connectivity index is 1.24. The van der Waals surface area contributed by atoms with Gasteiger partial charge in [-0.15, -0.1) is 10.2 Å². The highest BCUT2D eigenvalue weighted by molar-refractivity contribution is 7.99. The molecule has 1 N–H and O–H groups in total. The number of nitrogens with zero attached hydrogens (tertiary/aromatic N) is 3. The lowest BCUT2D eigenvalue weighted by Crippen LogP contribution is -2.15. The van der Waals surface area contributed by atoms with Crippen LogP contribution >= 0.6 is 11.8 Å². The molecule has 5 aromatic rings. The monoisotopic (exact) mass is 472 g/mol. The van der Waals surface area contributed by atoms with Crippen LogP contribution in [0, 0.1) is 0 Å². The van der Waals surface area contributed by atoms with Gasteiger partial charge >= 0.3 is 5.97 Å². The third kappa shape index (κ3) is 4.65. The summed E-state index contributed by atoms with van der Waals surface area (Å²) in [5.74, 6) is 0.378. The lowest BCUT2D eigenvalue weighted by atomic mass is 10.1. The number of carbonyl (C=O) groups excluding carboxylic acids is 2. The van der Waals surface area contributed by atoms with Crippen LogP contribution in [0.3, 0.4) is 0 Å². The summed E-state index contributed by atoms with van der Waals surface area (Å²) in [6.07, 6.45) is 3.21. The molecule has 0 aliphatic rings. The summed E-state index contributed by atoms with van der Waals surface area (Å²) < 4.78 is 12.6. The quantitative estimate of drug-likeness (QED) is 0.190. The number of Topliss-reactive ketones (excluding diaryl/α,β-unsaturated/α-hetero) is 1. The minimum absolute atomic E-state index is 0.00770. The molecule has 0 spiro atoms. The van der Waals surface area contributed by atoms with E-state index in [-0.39, 0.29) is 18.1 Å². The Bertz CT molecular complexity index is 1420. The van der Waals surface area contributed by atoms with E-state index >= 15 is 0 Å². The van der Waals surface area contributed by atoms with Gasteiger partial charge in [0.2, 0.25) is 11.6 Å². The largest absolute Gasteiger partial charge is 0.461 e. The third-order valence-corrected chi connectivity index (χ3v) is 6.16. The van der Waals surface area contributed by atoms with E-state index < -0.39 is 5.97 Å². The SMILES string of the molecule is O=C(CSc1nnc(-c2ccco2)n1Cc1ccccc1)OCC(=O)c1c[nH]c2ccccc12. The van der Waals surface area contributed by atoms with E-state index in [9.17, 15) is 9.59 Å². The Labute approximate surface area is 198 Å². The fourth-order valence-corrected chi connectivity index (χ4v) is 4.32. The number of esters is 1. The van der Waals surface area contributed by atoms with Crippen molar-refractivity contribution in [2.45, 2.75) is 11.7 Å². The van der Waals surface area contributed by atoms with Crippen molar-refractivity contribution < 1.29 is 18.7 Å². The first kappa shape index (κ1) is 21.7. The summed E-state index contributed by atoms with van der Waals surface area (Å²) >= 11 is 1.20. The van der Waals surface area contributed by atoms with Gasteiger partial charge in [-0.1, -0.05) is 60.3 Å². The van der Waals surface area contributed by atoms with E-state index in [2.05, 4.69) is 15.2 Å². The smallest absolute Gasteiger partial charge is 0.316 e. The van der Waals surface area contributed by atoms with E-state index in [1.54, 1.807) is 18.5 Å². The standard InChI is InChI=1S/C25H20N4O4S/c30-21(19-13-26-20-10-5-4-9-18(19)20)15-33-23(31)16-34-25-28-27-24(22-11-6-12-32-22)29(25)14-17-7-2-1-3-8-17/h1-13,26H,14-16H2. The van der Waals surface area contributed by atoms with Crippen LogP contribution in [0.15, 0.2) is 88.8 Å². The molecule has 0 saturated carbocycles. The number of aromatic amines is 1. The second kappa shape index (κ2) is 9.80. The van der Waals surface area contributed by atoms with Gasteiger partial charge in [0.1, 0.15) is 0 Å². The Kier molecular flexibility index (Phi) is 6.26. The molecule has 3 aromatic heterocycles.